The highest BCUT2D eigenvalue weighted by Crippen LogP contribution is 2.45. The van der Waals surface area contributed by atoms with E-state index in [0.717, 1.165) is 16.3 Å². The minimum Gasteiger partial charge on any atom is -0.287 e. The third-order valence-corrected chi connectivity index (χ3v) is 7.07. The van der Waals surface area contributed by atoms with Crippen LogP contribution in [0.15, 0.2) is 66.7 Å². The summed E-state index contributed by atoms with van der Waals surface area (Å²) in [4.78, 5) is 44.4. The number of hydrogen-bond acceptors (Lipinski definition) is 4. The molecule has 3 amide bonds. The van der Waals surface area contributed by atoms with Gasteiger partial charge in [0.15, 0.2) is 12.1 Å². The highest BCUT2D eigenvalue weighted by atomic mass is 16.2. The number of hydrogen-bond donors (Lipinski definition) is 0. The number of aryl methyl sites for hydroxylation is 1. The lowest BCUT2D eigenvalue weighted by Gasteiger charge is -2.32. The van der Waals surface area contributed by atoms with E-state index in [1.165, 1.54) is 4.90 Å². The Morgan fingerprint density at radius 3 is 2.58 bits per heavy atom. The van der Waals surface area contributed by atoms with Crippen LogP contribution in [-0.4, -0.2) is 58.9 Å². The van der Waals surface area contributed by atoms with Gasteiger partial charge in [-0.15, -0.1) is 0 Å². The predicted octanol–water partition coefficient (Wildman–Crippen LogP) is 3.34. The highest BCUT2D eigenvalue weighted by Gasteiger charge is 2.73. The van der Waals surface area contributed by atoms with Crippen LogP contribution in [-0.2, 0) is 4.79 Å². The molecule has 3 aliphatic heterocycles. The topological polar surface area (TPSA) is 57.7 Å². The van der Waals surface area contributed by atoms with Crippen LogP contribution >= 0.6 is 0 Å². The van der Waals surface area contributed by atoms with Crippen molar-refractivity contribution >= 4 is 34.2 Å². The smallest absolute Gasteiger partial charge is 0.287 e. The Bertz CT molecular complexity index is 1280. The van der Waals surface area contributed by atoms with Crippen molar-refractivity contribution in [3.63, 3.8) is 0 Å². The second kappa shape index (κ2) is 6.33. The van der Waals surface area contributed by atoms with Crippen LogP contribution < -0.4 is 4.90 Å². The molecule has 6 heteroatoms. The third-order valence-electron chi connectivity index (χ3n) is 7.07. The number of nitrogens with zero attached hydrogens (tertiary/aromatic N) is 3. The molecule has 2 bridgehead atoms. The number of imide groups is 1. The van der Waals surface area contributed by atoms with E-state index >= 15 is 0 Å². The van der Waals surface area contributed by atoms with Crippen LogP contribution in [0.4, 0.5) is 10.5 Å². The van der Waals surface area contributed by atoms with Gasteiger partial charge in [0.2, 0.25) is 5.78 Å². The molecule has 0 aromatic heterocycles. The summed E-state index contributed by atoms with van der Waals surface area (Å²) in [6, 6.07) is 19.5. The molecule has 4 atom stereocenters. The standard InChI is InChI=1S/C25H22N3O3/c1-16-6-4-9-18(12-16)23(29)21-13-26-14-22-24(30)27(25(31)28(21,22)15-26)20-11-5-8-17-7-2-3-10-19(17)20/h2-12,21-22H,13-15H2,1H3/q+1. The Morgan fingerprint density at radius 1 is 0.968 bits per heavy atom. The van der Waals surface area contributed by atoms with E-state index in [4.69, 9.17) is 0 Å². The molecule has 4 unspecified atom stereocenters. The van der Waals surface area contributed by atoms with Crippen LogP contribution in [0.2, 0.25) is 0 Å². The number of fused-ring (bicyclic) bond motifs is 2. The van der Waals surface area contributed by atoms with Gasteiger partial charge < -0.3 is 0 Å². The summed E-state index contributed by atoms with van der Waals surface area (Å²) in [7, 11) is 0. The van der Waals surface area contributed by atoms with E-state index in [1.54, 1.807) is 6.07 Å². The zero-order chi connectivity index (χ0) is 21.3. The molecular weight excluding hydrogens is 390 g/mol. The third kappa shape index (κ3) is 2.37. The Hall–Kier alpha value is -3.35. The number of rotatable bonds is 3. The second-order valence-corrected chi connectivity index (χ2v) is 8.83. The molecule has 0 radical (unpaired) electrons. The Labute approximate surface area is 179 Å². The summed E-state index contributed by atoms with van der Waals surface area (Å²) >= 11 is 0. The van der Waals surface area contributed by atoms with Gasteiger partial charge in [-0.05, 0) is 24.4 Å². The highest BCUT2D eigenvalue weighted by molar-refractivity contribution is 6.22. The number of quaternary nitrogens is 1. The Morgan fingerprint density at radius 2 is 1.74 bits per heavy atom. The molecule has 3 aromatic rings. The summed E-state index contributed by atoms with van der Waals surface area (Å²) in [5.41, 5.74) is 2.21. The van der Waals surface area contributed by atoms with Crippen molar-refractivity contribution in [1.82, 2.24) is 4.90 Å². The number of anilines is 1. The first kappa shape index (κ1) is 18.4. The van der Waals surface area contributed by atoms with Gasteiger partial charge in [-0.3, -0.25) is 9.59 Å². The normalized spacial score (nSPS) is 29.1. The molecule has 3 fully saturated rings. The molecule has 6 rings (SSSR count). The predicted molar refractivity (Wildman–Crippen MR) is 117 cm³/mol. The van der Waals surface area contributed by atoms with E-state index in [2.05, 4.69) is 4.90 Å². The Kier molecular flexibility index (Phi) is 3.76. The maximum absolute atomic E-state index is 13.9. The molecule has 6 nitrogen and oxygen atoms in total. The zero-order valence-corrected chi connectivity index (χ0v) is 17.2. The molecule has 1 spiro atoms. The van der Waals surface area contributed by atoms with Crippen molar-refractivity contribution in [1.29, 1.82) is 0 Å². The minimum atomic E-state index is -0.558. The quantitative estimate of drug-likeness (QED) is 0.376. The molecule has 31 heavy (non-hydrogen) atoms. The van der Waals surface area contributed by atoms with Gasteiger partial charge in [-0.25, -0.2) is 14.2 Å². The van der Waals surface area contributed by atoms with Crippen LogP contribution in [0.3, 0.4) is 0 Å². The van der Waals surface area contributed by atoms with Gasteiger partial charge in [-0.2, -0.15) is 4.90 Å². The number of benzene rings is 3. The number of piperazine rings is 1. The Balaban J connectivity index is 1.46. The number of ketones is 1. The largest absolute Gasteiger partial charge is 0.433 e. The number of amides is 3. The van der Waals surface area contributed by atoms with Gasteiger partial charge in [-0.1, -0.05) is 60.2 Å². The van der Waals surface area contributed by atoms with Crippen LogP contribution in [0.5, 0.6) is 0 Å². The number of urea groups is 1. The average Bonchev–Trinajstić information content (AvgIpc) is 3.41. The van der Waals surface area contributed by atoms with Crippen molar-refractivity contribution in [3.05, 3.63) is 77.9 Å². The maximum atomic E-state index is 13.9. The fraction of sp³-hybridized carbons (Fsp3) is 0.240. The van der Waals surface area contributed by atoms with Crippen LogP contribution in [0, 0.1) is 6.92 Å². The summed E-state index contributed by atoms with van der Waals surface area (Å²) in [5.74, 6) is -0.262. The summed E-state index contributed by atoms with van der Waals surface area (Å²) in [5, 5.41) is 1.84. The van der Waals surface area contributed by atoms with Gasteiger partial charge >= 0.3 is 6.03 Å². The molecule has 0 N–H and O–H groups in total. The molecule has 3 saturated heterocycles. The first-order chi connectivity index (χ1) is 15.0. The maximum Gasteiger partial charge on any atom is 0.433 e. The number of carbonyl (C=O) groups excluding carboxylic acids is 3. The molecule has 3 aliphatic rings. The van der Waals surface area contributed by atoms with Crippen molar-refractivity contribution in [2.75, 3.05) is 24.7 Å². The molecule has 3 aromatic carbocycles. The molecular formula is C25H22N3O3+. The lowest BCUT2D eigenvalue weighted by molar-refractivity contribution is -0.852. The van der Waals surface area contributed by atoms with Crippen LogP contribution in [0.25, 0.3) is 10.8 Å². The number of Topliss-reactive ketones (excluding diaryl/α,β-unsaturated/α-hetero) is 1. The molecule has 3 heterocycles. The van der Waals surface area contributed by atoms with Gasteiger partial charge in [0, 0.05) is 10.9 Å². The lowest BCUT2D eigenvalue weighted by atomic mass is 9.98. The molecule has 0 aliphatic carbocycles. The molecule has 0 saturated carbocycles. The summed E-state index contributed by atoms with van der Waals surface area (Å²) in [6.07, 6.45) is 0. The van der Waals surface area contributed by atoms with Crippen LogP contribution in [0.1, 0.15) is 15.9 Å². The molecule has 154 valence electrons. The zero-order valence-electron chi connectivity index (χ0n) is 17.2. The summed E-state index contributed by atoms with van der Waals surface area (Å²) < 4.78 is -0.102. The monoisotopic (exact) mass is 412 g/mol. The fourth-order valence-corrected chi connectivity index (χ4v) is 5.66. The average molecular weight is 412 g/mol. The van der Waals surface area contributed by atoms with Crippen molar-refractivity contribution in [2.45, 2.75) is 19.0 Å². The minimum absolute atomic E-state index is 0.0585. The van der Waals surface area contributed by atoms with Gasteiger partial charge in [0.25, 0.3) is 5.91 Å². The van der Waals surface area contributed by atoms with E-state index in [-0.39, 0.29) is 22.2 Å². The van der Waals surface area contributed by atoms with Crippen molar-refractivity contribution in [2.24, 2.45) is 0 Å². The van der Waals surface area contributed by atoms with Crippen molar-refractivity contribution < 1.29 is 18.9 Å². The van der Waals surface area contributed by atoms with E-state index in [9.17, 15) is 14.4 Å². The van der Waals surface area contributed by atoms with E-state index in [0.29, 0.717) is 31.0 Å². The lowest BCUT2D eigenvalue weighted by Crippen LogP contribution is -2.62. The first-order valence-electron chi connectivity index (χ1n) is 10.6. The van der Waals surface area contributed by atoms with Gasteiger partial charge in [0.1, 0.15) is 6.67 Å². The fourth-order valence-electron chi connectivity index (χ4n) is 5.66. The van der Waals surface area contributed by atoms with Crippen molar-refractivity contribution in [3.8, 4) is 0 Å². The second-order valence-electron chi connectivity index (χ2n) is 8.83. The summed E-state index contributed by atoms with van der Waals surface area (Å²) in [6.45, 7) is 3.39. The van der Waals surface area contributed by atoms with Gasteiger partial charge in [0.05, 0.1) is 18.8 Å². The van der Waals surface area contributed by atoms with E-state index in [1.807, 2.05) is 67.6 Å². The van der Waals surface area contributed by atoms with E-state index < -0.39 is 12.1 Å². The first-order valence-corrected chi connectivity index (χ1v) is 10.6. The SMILES string of the molecule is Cc1cccc(C(=O)C2CN3CC4C(=O)N(c5cccc6ccccc56)C(=O)[N+]24C3)c1. The number of carbonyl (C=O) groups is 3.